The zero-order valence-corrected chi connectivity index (χ0v) is 9.28. The van der Waals surface area contributed by atoms with Gasteiger partial charge in [0.25, 0.3) is 0 Å². The van der Waals surface area contributed by atoms with Gasteiger partial charge < -0.3 is 9.73 Å². The summed E-state index contributed by atoms with van der Waals surface area (Å²) < 4.78 is 5.29. The minimum absolute atomic E-state index is 0.696. The summed E-state index contributed by atoms with van der Waals surface area (Å²) in [5.74, 6) is 0.968. The van der Waals surface area contributed by atoms with E-state index in [1.54, 1.807) is 0 Å². The second-order valence-electron chi connectivity index (χ2n) is 4.01. The molecule has 84 valence electrons. The van der Waals surface area contributed by atoms with Crippen molar-refractivity contribution in [2.75, 3.05) is 19.6 Å². The Labute approximate surface area is 90.7 Å². The molecule has 0 amide bonds. The Hall–Kier alpha value is -0.870. The van der Waals surface area contributed by atoms with Gasteiger partial charge in [-0.25, -0.2) is 4.98 Å². The fraction of sp³-hybridized carbons (Fsp3) is 0.727. The van der Waals surface area contributed by atoms with Crippen LogP contribution in [0.15, 0.2) is 17.0 Å². The first-order valence-corrected chi connectivity index (χ1v) is 5.72. The van der Waals surface area contributed by atoms with E-state index in [2.05, 4.69) is 22.1 Å². The van der Waals surface area contributed by atoms with Gasteiger partial charge >= 0.3 is 0 Å². The number of rotatable bonds is 4. The Morgan fingerprint density at radius 2 is 2.33 bits per heavy atom. The van der Waals surface area contributed by atoms with Crippen LogP contribution in [0.5, 0.6) is 0 Å². The first-order valence-electron chi connectivity index (χ1n) is 5.72. The molecule has 0 bridgehead atoms. The van der Waals surface area contributed by atoms with Crippen LogP contribution in [0.25, 0.3) is 0 Å². The molecule has 0 saturated carbocycles. The molecule has 0 spiro atoms. The van der Waals surface area contributed by atoms with Crippen LogP contribution in [-0.2, 0) is 6.54 Å². The molecule has 1 aliphatic rings. The van der Waals surface area contributed by atoms with Crippen molar-refractivity contribution in [1.29, 1.82) is 0 Å². The van der Waals surface area contributed by atoms with Gasteiger partial charge in [0.15, 0.2) is 6.39 Å². The van der Waals surface area contributed by atoms with Crippen LogP contribution in [0.4, 0.5) is 0 Å². The standard InChI is InChI=1S/C11H19N3O/c1-2-14(8-11-7-13-9-15-11)10-3-5-12-6-4-10/h7,9-10,12H,2-6,8H2,1H3. The molecule has 1 fully saturated rings. The fourth-order valence-corrected chi connectivity index (χ4v) is 2.19. The van der Waals surface area contributed by atoms with Gasteiger partial charge in [-0.05, 0) is 32.5 Å². The number of hydrogen-bond donors (Lipinski definition) is 1. The Kier molecular flexibility index (Phi) is 3.75. The summed E-state index contributed by atoms with van der Waals surface area (Å²) >= 11 is 0. The van der Waals surface area contributed by atoms with Crippen molar-refractivity contribution in [3.8, 4) is 0 Å². The average Bonchev–Trinajstić information content (AvgIpc) is 2.80. The maximum atomic E-state index is 5.29. The van der Waals surface area contributed by atoms with Crippen LogP contribution in [0.2, 0.25) is 0 Å². The lowest BCUT2D eigenvalue weighted by Crippen LogP contribution is -2.42. The second kappa shape index (κ2) is 5.28. The average molecular weight is 209 g/mol. The lowest BCUT2D eigenvalue weighted by molar-refractivity contribution is 0.151. The summed E-state index contributed by atoms with van der Waals surface area (Å²) in [6, 6.07) is 0.696. The van der Waals surface area contributed by atoms with E-state index in [0.717, 1.165) is 31.9 Å². The molecule has 0 unspecified atom stereocenters. The van der Waals surface area contributed by atoms with Crippen molar-refractivity contribution in [3.05, 3.63) is 18.4 Å². The van der Waals surface area contributed by atoms with Gasteiger partial charge in [-0.1, -0.05) is 6.92 Å². The van der Waals surface area contributed by atoms with Crippen LogP contribution in [-0.4, -0.2) is 35.6 Å². The summed E-state index contributed by atoms with van der Waals surface area (Å²) in [6.07, 6.45) is 5.79. The predicted octanol–water partition coefficient (Wildman–Crippen LogP) is 1.25. The molecule has 0 radical (unpaired) electrons. The predicted molar refractivity (Wildman–Crippen MR) is 58.5 cm³/mol. The van der Waals surface area contributed by atoms with Crippen LogP contribution in [0.1, 0.15) is 25.5 Å². The fourth-order valence-electron chi connectivity index (χ4n) is 2.19. The summed E-state index contributed by atoms with van der Waals surface area (Å²) in [5, 5.41) is 3.39. The number of nitrogens with zero attached hydrogens (tertiary/aromatic N) is 2. The Morgan fingerprint density at radius 1 is 1.53 bits per heavy atom. The van der Waals surface area contributed by atoms with Gasteiger partial charge in [0, 0.05) is 6.04 Å². The van der Waals surface area contributed by atoms with E-state index in [9.17, 15) is 0 Å². The zero-order chi connectivity index (χ0) is 10.5. The molecule has 15 heavy (non-hydrogen) atoms. The van der Waals surface area contributed by atoms with E-state index in [4.69, 9.17) is 4.42 Å². The number of hydrogen-bond acceptors (Lipinski definition) is 4. The first-order chi connectivity index (χ1) is 7.40. The smallest absolute Gasteiger partial charge is 0.180 e. The maximum Gasteiger partial charge on any atom is 0.180 e. The summed E-state index contributed by atoms with van der Waals surface area (Å²) in [6.45, 7) is 6.44. The van der Waals surface area contributed by atoms with E-state index >= 15 is 0 Å². The zero-order valence-electron chi connectivity index (χ0n) is 9.28. The molecule has 0 atom stereocenters. The van der Waals surface area contributed by atoms with Gasteiger partial charge in [-0.3, -0.25) is 4.90 Å². The van der Waals surface area contributed by atoms with Crippen LogP contribution >= 0.6 is 0 Å². The topological polar surface area (TPSA) is 41.3 Å². The number of nitrogens with one attached hydrogen (secondary N) is 1. The van der Waals surface area contributed by atoms with Crippen LogP contribution in [0, 0.1) is 0 Å². The van der Waals surface area contributed by atoms with E-state index in [-0.39, 0.29) is 0 Å². The van der Waals surface area contributed by atoms with Crippen LogP contribution < -0.4 is 5.32 Å². The highest BCUT2D eigenvalue weighted by molar-refractivity contribution is 4.90. The molecule has 0 aromatic carbocycles. The monoisotopic (exact) mass is 209 g/mol. The van der Waals surface area contributed by atoms with E-state index < -0.39 is 0 Å². The largest absolute Gasteiger partial charge is 0.447 e. The lowest BCUT2D eigenvalue weighted by atomic mass is 10.0. The molecule has 1 aromatic heterocycles. The lowest BCUT2D eigenvalue weighted by Gasteiger charge is -2.33. The highest BCUT2D eigenvalue weighted by Gasteiger charge is 2.20. The highest BCUT2D eigenvalue weighted by atomic mass is 16.3. The van der Waals surface area contributed by atoms with Crippen molar-refractivity contribution >= 4 is 0 Å². The van der Waals surface area contributed by atoms with E-state index in [0.29, 0.717) is 6.04 Å². The number of oxazole rings is 1. The third-order valence-corrected chi connectivity index (χ3v) is 3.07. The summed E-state index contributed by atoms with van der Waals surface area (Å²) in [4.78, 5) is 6.42. The molecule has 4 heteroatoms. The second-order valence-corrected chi connectivity index (χ2v) is 4.01. The molecule has 1 saturated heterocycles. The van der Waals surface area contributed by atoms with Gasteiger partial charge in [0.1, 0.15) is 5.76 Å². The Balaban J connectivity index is 1.91. The minimum Gasteiger partial charge on any atom is -0.447 e. The van der Waals surface area contributed by atoms with Gasteiger partial charge in [-0.2, -0.15) is 0 Å². The third-order valence-electron chi connectivity index (χ3n) is 3.07. The quantitative estimate of drug-likeness (QED) is 0.810. The summed E-state index contributed by atoms with van der Waals surface area (Å²) in [5.41, 5.74) is 0. The molecule has 1 N–H and O–H groups in total. The van der Waals surface area contributed by atoms with Crippen molar-refractivity contribution in [2.45, 2.75) is 32.4 Å². The molecular formula is C11H19N3O. The van der Waals surface area contributed by atoms with Crippen LogP contribution in [0.3, 0.4) is 0 Å². The Morgan fingerprint density at radius 3 is 2.93 bits per heavy atom. The molecule has 0 aliphatic carbocycles. The highest BCUT2D eigenvalue weighted by Crippen LogP contribution is 2.14. The summed E-state index contributed by atoms with van der Waals surface area (Å²) in [7, 11) is 0. The van der Waals surface area contributed by atoms with Crippen molar-refractivity contribution in [2.24, 2.45) is 0 Å². The van der Waals surface area contributed by atoms with E-state index in [1.165, 1.54) is 19.2 Å². The molecule has 4 nitrogen and oxygen atoms in total. The molecule has 2 rings (SSSR count). The third kappa shape index (κ3) is 2.79. The van der Waals surface area contributed by atoms with Gasteiger partial charge in [0.05, 0.1) is 12.7 Å². The van der Waals surface area contributed by atoms with Crippen molar-refractivity contribution in [1.82, 2.24) is 15.2 Å². The molecule has 1 aliphatic heterocycles. The Bertz CT molecular complexity index is 267. The van der Waals surface area contributed by atoms with Gasteiger partial charge in [-0.15, -0.1) is 0 Å². The van der Waals surface area contributed by atoms with Gasteiger partial charge in [0.2, 0.25) is 0 Å². The number of piperidine rings is 1. The molecule has 1 aromatic rings. The van der Waals surface area contributed by atoms with Crippen molar-refractivity contribution in [3.63, 3.8) is 0 Å². The van der Waals surface area contributed by atoms with E-state index in [1.807, 2.05) is 6.20 Å². The van der Waals surface area contributed by atoms with Crippen molar-refractivity contribution < 1.29 is 4.42 Å². The number of aromatic nitrogens is 1. The molecular weight excluding hydrogens is 190 g/mol. The minimum atomic E-state index is 0.696. The normalized spacial score (nSPS) is 18.5. The first kappa shape index (κ1) is 10.6. The SMILES string of the molecule is CCN(Cc1cnco1)C1CCNCC1. The molecule has 2 heterocycles. The maximum absolute atomic E-state index is 5.29.